The lowest BCUT2D eigenvalue weighted by Gasteiger charge is -2.06. The molecule has 0 fully saturated rings. The number of thiazole rings is 1. The number of hydrogen-bond donors (Lipinski definition) is 2. The predicted molar refractivity (Wildman–Crippen MR) is 110 cm³/mol. The molecule has 0 unspecified atom stereocenters. The van der Waals surface area contributed by atoms with Crippen molar-refractivity contribution < 1.29 is 4.79 Å². The molecule has 0 aliphatic carbocycles. The van der Waals surface area contributed by atoms with E-state index in [1.54, 1.807) is 36.4 Å². The van der Waals surface area contributed by atoms with Crippen molar-refractivity contribution in [3.63, 3.8) is 0 Å². The van der Waals surface area contributed by atoms with Gasteiger partial charge in [0, 0.05) is 16.0 Å². The minimum Gasteiger partial charge on any atom is -0.300 e. The summed E-state index contributed by atoms with van der Waals surface area (Å²) < 4.78 is 0.994. The summed E-state index contributed by atoms with van der Waals surface area (Å²) in [7, 11) is 0. The Bertz CT molecular complexity index is 1290. The smallest absolute Gasteiger partial charge is 0.273 e. The number of H-pyrrole nitrogens is 1. The van der Waals surface area contributed by atoms with Gasteiger partial charge in [-0.25, -0.2) is 9.67 Å². The molecule has 2 heterocycles. The summed E-state index contributed by atoms with van der Waals surface area (Å²) in [4.78, 5) is 41.3. The van der Waals surface area contributed by atoms with Crippen LogP contribution in [0.5, 0.6) is 0 Å². The molecule has 2 N–H and O–H groups in total. The molecule has 2 aromatic carbocycles. The van der Waals surface area contributed by atoms with Gasteiger partial charge in [0.15, 0.2) is 5.13 Å². The Balaban J connectivity index is 1.53. The van der Waals surface area contributed by atoms with E-state index in [1.165, 1.54) is 11.3 Å². The van der Waals surface area contributed by atoms with Gasteiger partial charge in [0.25, 0.3) is 11.1 Å². The molecule has 0 saturated heterocycles. The Morgan fingerprint density at radius 3 is 2.57 bits per heavy atom. The van der Waals surface area contributed by atoms with Gasteiger partial charge in [-0.3, -0.25) is 19.5 Å². The molecule has 4 rings (SSSR count). The zero-order valence-electron chi connectivity index (χ0n) is 14.3. The SMILES string of the molecule is O=C(Cn1[nH]c(=O)c2ccccc2c1=O)Nc1nc(-c2ccc(Cl)cc2)cs1. The summed E-state index contributed by atoms with van der Waals surface area (Å²) in [5.41, 5.74) is 0.707. The maximum Gasteiger partial charge on any atom is 0.273 e. The van der Waals surface area contributed by atoms with E-state index in [0.717, 1.165) is 10.2 Å². The summed E-state index contributed by atoms with van der Waals surface area (Å²) in [6.07, 6.45) is 0. The van der Waals surface area contributed by atoms with Gasteiger partial charge in [-0.15, -0.1) is 11.3 Å². The summed E-state index contributed by atoms with van der Waals surface area (Å²) in [5, 5.41) is 8.46. The number of rotatable bonds is 4. The predicted octanol–water partition coefficient (Wildman–Crippen LogP) is 3.11. The number of fused-ring (bicyclic) bond motifs is 1. The Morgan fingerprint density at radius 1 is 1.11 bits per heavy atom. The molecule has 0 atom stereocenters. The average molecular weight is 413 g/mol. The van der Waals surface area contributed by atoms with Gasteiger partial charge in [-0.1, -0.05) is 35.9 Å². The molecule has 140 valence electrons. The first-order chi connectivity index (χ1) is 13.5. The maximum absolute atomic E-state index is 12.5. The number of hydrogen-bond acceptors (Lipinski definition) is 5. The van der Waals surface area contributed by atoms with E-state index >= 15 is 0 Å². The lowest BCUT2D eigenvalue weighted by atomic mass is 10.2. The topological polar surface area (TPSA) is 96.9 Å². The molecule has 0 spiro atoms. The van der Waals surface area contributed by atoms with Crippen molar-refractivity contribution >= 4 is 44.7 Å². The van der Waals surface area contributed by atoms with Crippen molar-refractivity contribution in [2.45, 2.75) is 6.54 Å². The van der Waals surface area contributed by atoms with E-state index in [9.17, 15) is 14.4 Å². The average Bonchev–Trinajstić information content (AvgIpc) is 3.15. The fourth-order valence-electron chi connectivity index (χ4n) is 2.74. The highest BCUT2D eigenvalue weighted by Gasteiger charge is 2.12. The van der Waals surface area contributed by atoms with Crippen molar-refractivity contribution in [1.82, 2.24) is 14.8 Å². The van der Waals surface area contributed by atoms with Gasteiger partial charge >= 0.3 is 0 Å². The second kappa shape index (κ2) is 7.41. The van der Waals surface area contributed by atoms with Gasteiger partial charge in [-0.2, -0.15) is 0 Å². The van der Waals surface area contributed by atoms with Crippen LogP contribution in [0.1, 0.15) is 0 Å². The molecular weight excluding hydrogens is 400 g/mol. The summed E-state index contributed by atoms with van der Waals surface area (Å²) in [6.45, 7) is -0.325. The lowest BCUT2D eigenvalue weighted by molar-refractivity contribution is -0.117. The molecule has 9 heteroatoms. The van der Waals surface area contributed by atoms with Crippen molar-refractivity contribution in [2.75, 3.05) is 5.32 Å². The Kier molecular flexibility index (Phi) is 4.81. The van der Waals surface area contributed by atoms with Crippen LogP contribution in [0.4, 0.5) is 5.13 Å². The second-order valence-electron chi connectivity index (χ2n) is 5.97. The fraction of sp³-hybridized carbons (Fsp3) is 0.0526. The first-order valence-corrected chi connectivity index (χ1v) is 9.50. The molecule has 4 aromatic rings. The van der Waals surface area contributed by atoms with Crippen molar-refractivity contribution in [2.24, 2.45) is 0 Å². The minimum absolute atomic E-state index is 0.262. The zero-order chi connectivity index (χ0) is 19.7. The summed E-state index contributed by atoms with van der Waals surface area (Å²) >= 11 is 7.14. The molecule has 1 amide bonds. The van der Waals surface area contributed by atoms with Gasteiger partial charge in [-0.05, 0) is 24.3 Å². The van der Waals surface area contributed by atoms with E-state index < -0.39 is 17.0 Å². The lowest BCUT2D eigenvalue weighted by Crippen LogP contribution is -2.34. The number of aromatic nitrogens is 3. The van der Waals surface area contributed by atoms with Crippen LogP contribution in [0.15, 0.2) is 63.5 Å². The third-order valence-electron chi connectivity index (χ3n) is 4.08. The molecule has 0 aliphatic heterocycles. The van der Waals surface area contributed by atoms with Gasteiger partial charge in [0.05, 0.1) is 16.5 Å². The van der Waals surface area contributed by atoms with E-state index in [-0.39, 0.29) is 17.3 Å². The van der Waals surface area contributed by atoms with Crippen LogP contribution in [-0.4, -0.2) is 20.7 Å². The highest BCUT2D eigenvalue weighted by atomic mass is 35.5. The monoisotopic (exact) mass is 412 g/mol. The molecule has 28 heavy (non-hydrogen) atoms. The summed E-state index contributed by atoms with van der Waals surface area (Å²) in [6, 6.07) is 13.7. The quantitative estimate of drug-likeness (QED) is 0.538. The van der Waals surface area contributed by atoms with Crippen LogP contribution in [0.25, 0.3) is 22.0 Å². The molecule has 0 aliphatic rings. The van der Waals surface area contributed by atoms with Crippen LogP contribution in [0.2, 0.25) is 5.02 Å². The second-order valence-corrected chi connectivity index (χ2v) is 7.27. The number of amides is 1. The number of benzene rings is 2. The highest BCUT2D eigenvalue weighted by Crippen LogP contribution is 2.25. The number of carbonyl (C=O) groups excluding carboxylic acids is 1. The van der Waals surface area contributed by atoms with Gasteiger partial charge < -0.3 is 5.32 Å². The summed E-state index contributed by atoms with van der Waals surface area (Å²) in [5.74, 6) is -0.468. The standard InChI is InChI=1S/C19H13ClN4O3S/c20-12-7-5-11(6-8-12)15-10-28-19(21-15)22-16(25)9-24-18(27)14-4-2-1-3-13(14)17(26)23-24/h1-8,10H,9H2,(H,23,26)(H,21,22,25). The molecular formula is C19H13ClN4O3S. The van der Waals surface area contributed by atoms with Gasteiger partial charge in [0.1, 0.15) is 6.54 Å². The molecule has 0 saturated carbocycles. The van der Waals surface area contributed by atoms with E-state index in [2.05, 4.69) is 15.4 Å². The van der Waals surface area contributed by atoms with Crippen LogP contribution in [0.3, 0.4) is 0 Å². The number of aromatic amines is 1. The third kappa shape index (κ3) is 3.60. The molecule has 7 nitrogen and oxygen atoms in total. The third-order valence-corrected chi connectivity index (χ3v) is 5.09. The van der Waals surface area contributed by atoms with E-state index in [1.807, 2.05) is 17.5 Å². The van der Waals surface area contributed by atoms with Crippen molar-refractivity contribution in [1.29, 1.82) is 0 Å². The number of anilines is 1. The van der Waals surface area contributed by atoms with Gasteiger partial charge in [0.2, 0.25) is 5.91 Å². The maximum atomic E-state index is 12.5. The first kappa shape index (κ1) is 18.1. The van der Waals surface area contributed by atoms with Crippen molar-refractivity contribution in [3.05, 3.63) is 79.6 Å². The van der Waals surface area contributed by atoms with E-state index in [4.69, 9.17) is 11.6 Å². The number of nitrogens with zero attached hydrogens (tertiary/aromatic N) is 2. The fourth-order valence-corrected chi connectivity index (χ4v) is 3.61. The number of nitrogens with one attached hydrogen (secondary N) is 2. The first-order valence-electron chi connectivity index (χ1n) is 8.24. The highest BCUT2D eigenvalue weighted by molar-refractivity contribution is 7.14. The Hall–Kier alpha value is -3.23. The molecule has 0 radical (unpaired) electrons. The van der Waals surface area contributed by atoms with E-state index in [0.29, 0.717) is 15.8 Å². The normalized spacial score (nSPS) is 10.9. The zero-order valence-corrected chi connectivity index (χ0v) is 15.9. The largest absolute Gasteiger partial charge is 0.300 e. The van der Waals surface area contributed by atoms with Crippen LogP contribution < -0.4 is 16.4 Å². The van der Waals surface area contributed by atoms with Crippen molar-refractivity contribution in [3.8, 4) is 11.3 Å². The Morgan fingerprint density at radius 2 is 1.82 bits per heavy atom. The molecule has 0 bridgehead atoms. The number of halogens is 1. The minimum atomic E-state index is -0.468. The molecule has 2 aromatic heterocycles. The van der Waals surface area contributed by atoms with Crippen LogP contribution in [-0.2, 0) is 11.3 Å². The number of carbonyl (C=O) groups is 1. The van der Waals surface area contributed by atoms with Crippen LogP contribution in [0, 0.1) is 0 Å². The Labute approximate surface area is 167 Å². The van der Waals surface area contributed by atoms with Crippen LogP contribution >= 0.6 is 22.9 Å².